The Morgan fingerprint density at radius 1 is 1.00 bits per heavy atom. The number of hydrogen-bond acceptors (Lipinski definition) is 4. The van der Waals surface area contributed by atoms with Crippen LogP contribution in [0.25, 0.3) is 39.1 Å². The van der Waals surface area contributed by atoms with Crippen molar-refractivity contribution in [2.24, 2.45) is 0 Å². The molecule has 2 aromatic carbocycles. The van der Waals surface area contributed by atoms with Gasteiger partial charge in [-0.1, -0.05) is 60.1 Å². The van der Waals surface area contributed by atoms with Crippen LogP contribution in [0, 0.1) is 0 Å². The molecule has 0 aliphatic heterocycles. The third-order valence-electron chi connectivity index (χ3n) is 4.70. The van der Waals surface area contributed by atoms with Gasteiger partial charge in [0.25, 0.3) is 5.56 Å². The lowest BCUT2D eigenvalue weighted by molar-refractivity contribution is 1.08. The molecule has 0 atom stereocenters. The Kier molecular flexibility index (Phi) is 4.46. The fourth-order valence-electron chi connectivity index (χ4n) is 3.26. The van der Waals surface area contributed by atoms with Gasteiger partial charge in [-0.3, -0.25) is 9.78 Å². The number of halogens is 1. The third-order valence-corrected chi connectivity index (χ3v) is 5.88. The van der Waals surface area contributed by atoms with Crippen molar-refractivity contribution >= 4 is 50.8 Å². The number of nitrogens with zero attached hydrogens (tertiary/aromatic N) is 3. The third kappa shape index (κ3) is 3.24. The quantitative estimate of drug-likeness (QED) is 0.374. The van der Waals surface area contributed by atoms with Gasteiger partial charge in [0.1, 0.15) is 5.02 Å². The smallest absolute Gasteiger partial charge is 0.267 e. The number of aromatic nitrogens is 3. The maximum absolute atomic E-state index is 13.0. The minimum absolute atomic E-state index is 0.100. The monoisotopic (exact) mass is 415 g/mol. The second-order valence-corrected chi connectivity index (χ2v) is 7.75. The highest BCUT2D eigenvalue weighted by atomic mass is 35.5. The first-order chi connectivity index (χ1) is 14.2. The molecule has 4 nitrogen and oxygen atoms in total. The van der Waals surface area contributed by atoms with E-state index < -0.39 is 0 Å². The summed E-state index contributed by atoms with van der Waals surface area (Å²) < 4.78 is 1.58. The van der Waals surface area contributed by atoms with Crippen molar-refractivity contribution in [2.45, 2.75) is 0 Å². The van der Waals surface area contributed by atoms with E-state index in [0.29, 0.717) is 10.7 Å². The van der Waals surface area contributed by atoms with Crippen molar-refractivity contribution in [3.8, 4) is 11.3 Å². The average Bonchev–Trinajstić information content (AvgIpc) is 3.19. The van der Waals surface area contributed by atoms with Crippen LogP contribution >= 0.6 is 22.9 Å². The number of thiazole rings is 1. The van der Waals surface area contributed by atoms with Gasteiger partial charge in [-0.25, -0.2) is 9.38 Å². The lowest BCUT2D eigenvalue weighted by Crippen LogP contribution is -2.16. The largest absolute Gasteiger partial charge is 0.278 e. The van der Waals surface area contributed by atoms with Crippen LogP contribution in [0.5, 0.6) is 0 Å². The predicted octanol–water partition coefficient (Wildman–Crippen LogP) is 5.80. The molecule has 0 aliphatic carbocycles. The minimum atomic E-state index is -0.271. The maximum Gasteiger partial charge on any atom is 0.278 e. The van der Waals surface area contributed by atoms with E-state index in [0.717, 1.165) is 27.6 Å². The van der Waals surface area contributed by atoms with E-state index in [1.807, 2.05) is 41.8 Å². The zero-order valence-electron chi connectivity index (χ0n) is 15.1. The second kappa shape index (κ2) is 7.28. The van der Waals surface area contributed by atoms with Crippen LogP contribution in [0.1, 0.15) is 11.3 Å². The summed E-state index contributed by atoms with van der Waals surface area (Å²) in [7, 11) is 0. The second-order valence-electron chi connectivity index (χ2n) is 6.54. The number of hydrogen-bond donors (Lipinski definition) is 0. The Bertz CT molecular complexity index is 1440. The summed E-state index contributed by atoms with van der Waals surface area (Å²) in [6.07, 6.45) is 7.03. The van der Waals surface area contributed by atoms with Crippen LogP contribution in [-0.2, 0) is 0 Å². The number of rotatable bonds is 3. The van der Waals surface area contributed by atoms with Gasteiger partial charge < -0.3 is 0 Å². The van der Waals surface area contributed by atoms with Crippen LogP contribution in [0.3, 0.4) is 0 Å². The molecule has 29 heavy (non-hydrogen) atoms. The van der Waals surface area contributed by atoms with Crippen molar-refractivity contribution in [3.05, 3.63) is 99.0 Å². The summed E-state index contributed by atoms with van der Waals surface area (Å²) in [5, 5.41) is 4.32. The first-order valence-electron chi connectivity index (χ1n) is 8.98. The molecule has 0 N–H and O–H groups in total. The lowest BCUT2D eigenvalue weighted by atomic mass is 10.1. The van der Waals surface area contributed by atoms with Gasteiger partial charge in [-0.15, -0.1) is 11.3 Å². The zero-order chi connectivity index (χ0) is 19.8. The molecule has 140 valence electrons. The molecule has 0 saturated heterocycles. The SMILES string of the molecule is O=c1c(Cl)c(C=Cc2cccnc2)nc2scc(-c3ccc4ccccc4c3)n12. The first kappa shape index (κ1) is 17.8. The van der Waals surface area contributed by atoms with E-state index in [2.05, 4.69) is 34.2 Å². The molecule has 0 fully saturated rings. The molecule has 3 aromatic heterocycles. The maximum atomic E-state index is 13.0. The van der Waals surface area contributed by atoms with Gasteiger partial charge >= 0.3 is 0 Å². The highest BCUT2D eigenvalue weighted by molar-refractivity contribution is 7.15. The first-order valence-corrected chi connectivity index (χ1v) is 10.2. The van der Waals surface area contributed by atoms with Gasteiger partial charge in [0.05, 0.1) is 11.4 Å². The topological polar surface area (TPSA) is 47.3 Å². The van der Waals surface area contributed by atoms with Crippen molar-refractivity contribution in [2.75, 3.05) is 0 Å². The van der Waals surface area contributed by atoms with Gasteiger partial charge in [0.2, 0.25) is 0 Å². The highest BCUT2D eigenvalue weighted by Gasteiger charge is 2.15. The minimum Gasteiger partial charge on any atom is -0.267 e. The van der Waals surface area contributed by atoms with E-state index in [1.54, 1.807) is 22.9 Å². The number of fused-ring (bicyclic) bond motifs is 2. The van der Waals surface area contributed by atoms with E-state index in [4.69, 9.17) is 11.6 Å². The molecule has 5 aromatic rings. The van der Waals surface area contributed by atoms with Crippen molar-refractivity contribution in [3.63, 3.8) is 0 Å². The van der Waals surface area contributed by atoms with E-state index >= 15 is 0 Å². The molecule has 0 amide bonds. The lowest BCUT2D eigenvalue weighted by Gasteiger charge is -2.05. The van der Waals surface area contributed by atoms with Crippen LogP contribution in [0.15, 0.2) is 77.2 Å². The molecular weight excluding hydrogens is 402 g/mol. The van der Waals surface area contributed by atoms with Gasteiger partial charge in [-0.05, 0) is 34.5 Å². The van der Waals surface area contributed by atoms with Gasteiger partial charge in [0, 0.05) is 23.3 Å². The molecule has 0 unspecified atom stereocenters. The Labute approximate surface area is 175 Å². The van der Waals surface area contributed by atoms with Gasteiger partial charge in [-0.2, -0.15) is 0 Å². The van der Waals surface area contributed by atoms with Crippen LogP contribution in [-0.4, -0.2) is 14.4 Å². The Hall–Kier alpha value is -3.28. The average molecular weight is 416 g/mol. The summed E-state index contributed by atoms with van der Waals surface area (Å²) in [6, 6.07) is 18.1. The predicted molar refractivity (Wildman–Crippen MR) is 120 cm³/mol. The summed E-state index contributed by atoms with van der Waals surface area (Å²) in [5.74, 6) is 0. The van der Waals surface area contributed by atoms with Crippen LogP contribution in [0.2, 0.25) is 5.02 Å². The van der Waals surface area contributed by atoms with Crippen molar-refractivity contribution < 1.29 is 0 Å². The Morgan fingerprint density at radius 2 is 1.86 bits per heavy atom. The van der Waals surface area contributed by atoms with Crippen molar-refractivity contribution in [1.82, 2.24) is 14.4 Å². The van der Waals surface area contributed by atoms with Crippen molar-refractivity contribution in [1.29, 1.82) is 0 Å². The molecule has 5 rings (SSSR count). The van der Waals surface area contributed by atoms with Crippen LogP contribution < -0.4 is 5.56 Å². The summed E-state index contributed by atoms with van der Waals surface area (Å²) in [4.78, 5) is 22.3. The Balaban J connectivity index is 1.63. The van der Waals surface area contributed by atoms with Crippen LogP contribution in [0.4, 0.5) is 0 Å². The summed E-state index contributed by atoms with van der Waals surface area (Å²) in [5.41, 5.74) is 2.83. The number of pyridine rings is 1. The molecular formula is C23H14ClN3OS. The standard InChI is InChI=1S/C23H14ClN3OS/c24-21-19(10-7-15-4-3-11-25-13-15)26-23-27(22(21)28)20(14-29-23)18-9-8-16-5-1-2-6-17(16)12-18/h1-14H. The van der Waals surface area contributed by atoms with E-state index in [1.165, 1.54) is 11.3 Å². The molecule has 6 heteroatoms. The Morgan fingerprint density at radius 3 is 2.69 bits per heavy atom. The highest BCUT2D eigenvalue weighted by Crippen LogP contribution is 2.28. The zero-order valence-corrected chi connectivity index (χ0v) is 16.7. The fraction of sp³-hybridized carbons (Fsp3) is 0. The molecule has 0 spiro atoms. The normalized spacial score (nSPS) is 11.6. The van der Waals surface area contributed by atoms with E-state index in [-0.39, 0.29) is 10.6 Å². The fourth-order valence-corrected chi connectivity index (χ4v) is 4.34. The summed E-state index contributed by atoms with van der Waals surface area (Å²) in [6.45, 7) is 0. The van der Waals surface area contributed by atoms with E-state index in [9.17, 15) is 4.79 Å². The molecule has 0 saturated carbocycles. The molecule has 0 aliphatic rings. The number of benzene rings is 2. The summed E-state index contributed by atoms with van der Waals surface area (Å²) >= 11 is 7.81. The molecule has 3 heterocycles. The molecule has 0 bridgehead atoms. The molecule has 0 radical (unpaired) electrons. The van der Waals surface area contributed by atoms with Gasteiger partial charge in [0.15, 0.2) is 4.96 Å².